The number of thiophene rings is 1. The number of rotatable bonds is 3. The van der Waals surface area contributed by atoms with Crippen LogP contribution >= 0.6 is 11.3 Å². The number of para-hydroxylation sites is 1. The van der Waals surface area contributed by atoms with Gasteiger partial charge in [0, 0.05) is 47.5 Å². The SMILES string of the molecule is [Ir].[c-]1ccc(-c2ccc3c(c2)c2cc4ccsc4cc2n3-c2ccccc2)cc1-c1ccccn1. The van der Waals surface area contributed by atoms with Crippen LogP contribution < -0.4 is 0 Å². The van der Waals surface area contributed by atoms with Crippen molar-refractivity contribution in [3.05, 3.63) is 121 Å². The van der Waals surface area contributed by atoms with Gasteiger partial charge in [-0.25, -0.2) is 0 Å². The van der Waals surface area contributed by atoms with Crippen molar-refractivity contribution in [1.29, 1.82) is 0 Å². The number of hydrogen-bond donors (Lipinski definition) is 0. The Morgan fingerprint density at radius 3 is 2.40 bits per heavy atom. The van der Waals surface area contributed by atoms with Crippen LogP contribution in [-0.2, 0) is 20.1 Å². The molecule has 0 N–H and O–H groups in total. The van der Waals surface area contributed by atoms with Crippen LogP contribution in [0.5, 0.6) is 0 Å². The second kappa shape index (κ2) is 8.90. The fourth-order valence-corrected chi connectivity index (χ4v) is 5.63. The molecule has 2 nitrogen and oxygen atoms in total. The Kier molecular flexibility index (Phi) is 5.58. The molecule has 3 aromatic heterocycles. The summed E-state index contributed by atoms with van der Waals surface area (Å²) in [4.78, 5) is 4.50. The first-order valence-corrected chi connectivity index (χ1v) is 12.2. The maximum Gasteiger partial charge on any atom is 0.0555 e. The maximum atomic E-state index is 4.50. The van der Waals surface area contributed by atoms with Gasteiger partial charge < -0.3 is 9.55 Å². The minimum Gasteiger partial charge on any atom is -0.309 e. The molecule has 0 fully saturated rings. The van der Waals surface area contributed by atoms with Crippen LogP contribution in [0.3, 0.4) is 0 Å². The predicted octanol–water partition coefficient (Wildman–Crippen LogP) is 8.53. The van der Waals surface area contributed by atoms with Crippen molar-refractivity contribution in [2.75, 3.05) is 0 Å². The molecule has 7 rings (SSSR count). The van der Waals surface area contributed by atoms with Gasteiger partial charge in [-0.3, -0.25) is 0 Å². The molecule has 7 aromatic rings. The van der Waals surface area contributed by atoms with E-state index in [1.165, 1.54) is 48.7 Å². The van der Waals surface area contributed by atoms with Gasteiger partial charge in [-0.1, -0.05) is 36.4 Å². The van der Waals surface area contributed by atoms with E-state index in [1.54, 1.807) is 11.3 Å². The van der Waals surface area contributed by atoms with Gasteiger partial charge in [0.2, 0.25) is 0 Å². The smallest absolute Gasteiger partial charge is 0.0555 e. The summed E-state index contributed by atoms with van der Waals surface area (Å²) in [7, 11) is 0. The number of nitrogens with zero attached hydrogens (tertiary/aromatic N) is 2. The van der Waals surface area contributed by atoms with E-state index in [1.807, 2.05) is 30.5 Å². The standard InChI is InChI=1S/C31H19N2S.Ir/c1-2-9-25(10-3-1)33-29-13-12-22(21-7-6-8-23(17-21)28-11-4-5-15-32-28)18-26(29)27-19-24-14-16-34-31(24)20-30(27)33;/h1-7,9-20H;/q-1;. The Morgan fingerprint density at radius 2 is 1.54 bits per heavy atom. The largest absolute Gasteiger partial charge is 0.309 e. The summed E-state index contributed by atoms with van der Waals surface area (Å²) in [5, 5.41) is 6.00. The molecule has 0 aliphatic rings. The fourth-order valence-electron chi connectivity index (χ4n) is 4.83. The summed E-state index contributed by atoms with van der Waals surface area (Å²) in [5.41, 5.74) is 7.93. The molecule has 35 heavy (non-hydrogen) atoms. The Morgan fingerprint density at radius 1 is 0.714 bits per heavy atom. The molecule has 3 heterocycles. The molecule has 0 unspecified atom stereocenters. The maximum absolute atomic E-state index is 4.50. The zero-order valence-corrected chi connectivity index (χ0v) is 21.8. The molecule has 0 aliphatic heterocycles. The summed E-state index contributed by atoms with van der Waals surface area (Å²) in [5.74, 6) is 0. The summed E-state index contributed by atoms with van der Waals surface area (Å²) in [6.45, 7) is 0. The van der Waals surface area contributed by atoms with E-state index in [0.717, 1.165) is 11.3 Å². The minimum absolute atomic E-state index is 0. The van der Waals surface area contributed by atoms with E-state index >= 15 is 0 Å². The van der Waals surface area contributed by atoms with Crippen molar-refractivity contribution in [3.63, 3.8) is 0 Å². The molecule has 0 bridgehead atoms. The van der Waals surface area contributed by atoms with Gasteiger partial charge in [-0.15, -0.1) is 46.7 Å². The second-order valence-electron chi connectivity index (χ2n) is 8.44. The van der Waals surface area contributed by atoms with Crippen LogP contribution in [0, 0.1) is 6.07 Å². The first kappa shape index (κ1) is 21.9. The van der Waals surface area contributed by atoms with Gasteiger partial charge in [-0.2, -0.15) is 0 Å². The average molecular weight is 644 g/mol. The van der Waals surface area contributed by atoms with Crippen molar-refractivity contribution in [1.82, 2.24) is 9.55 Å². The molecule has 0 spiro atoms. The van der Waals surface area contributed by atoms with E-state index < -0.39 is 0 Å². The monoisotopic (exact) mass is 644 g/mol. The van der Waals surface area contributed by atoms with E-state index in [0.29, 0.717) is 0 Å². The number of pyridine rings is 1. The molecular formula is C31H19IrN2S-. The van der Waals surface area contributed by atoms with Crippen LogP contribution in [0.15, 0.2) is 115 Å². The molecule has 0 saturated carbocycles. The zero-order valence-electron chi connectivity index (χ0n) is 18.6. The third kappa shape index (κ3) is 3.71. The topological polar surface area (TPSA) is 17.8 Å². The van der Waals surface area contributed by atoms with Crippen molar-refractivity contribution < 1.29 is 20.1 Å². The summed E-state index contributed by atoms with van der Waals surface area (Å²) in [6, 6.07) is 39.9. The van der Waals surface area contributed by atoms with Gasteiger partial charge in [0.1, 0.15) is 0 Å². The van der Waals surface area contributed by atoms with E-state index in [2.05, 4.69) is 99.9 Å². The molecule has 0 aliphatic carbocycles. The first-order valence-electron chi connectivity index (χ1n) is 11.3. The molecule has 0 atom stereocenters. The Bertz CT molecular complexity index is 1800. The molecule has 0 amide bonds. The van der Waals surface area contributed by atoms with E-state index in [9.17, 15) is 0 Å². The Labute approximate surface area is 220 Å². The van der Waals surface area contributed by atoms with Crippen LogP contribution in [0.25, 0.3) is 60.0 Å². The Hall–Kier alpha value is -3.56. The summed E-state index contributed by atoms with van der Waals surface area (Å²) in [6.07, 6.45) is 1.82. The zero-order chi connectivity index (χ0) is 22.5. The number of benzene rings is 4. The Balaban J connectivity index is 0.00000229. The molecule has 0 saturated heterocycles. The molecule has 4 aromatic carbocycles. The van der Waals surface area contributed by atoms with Crippen molar-refractivity contribution >= 4 is 43.2 Å². The molecular weight excluding hydrogens is 625 g/mol. The first-order chi connectivity index (χ1) is 16.8. The summed E-state index contributed by atoms with van der Waals surface area (Å²) < 4.78 is 3.69. The summed E-state index contributed by atoms with van der Waals surface area (Å²) >= 11 is 1.79. The minimum atomic E-state index is 0. The molecule has 4 heteroatoms. The van der Waals surface area contributed by atoms with Crippen molar-refractivity contribution in [2.24, 2.45) is 0 Å². The second-order valence-corrected chi connectivity index (χ2v) is 9.38. The predicted molar refractivity (Wildman–Crippen MR) is 144 cm³/mol. The van der Waals surface area contributed by atoms with Gasteiger partial charge >= 0.3 is 0 Å². The van der Waals surface area contributed by atoms with Gasteiger partial charge in [-0.05, 0) is 70.6 Å². The number of fused-ring (bicyclic) bond motifs is 4. The van der Waals surface area contributed by atoms with Gasteiger partial charge in [0.15, 0.2) is 0 Å². The van der Waals surface area contributed by atoms with Gasteiger partial charge in [0.25, 0.3) is 0 Å². The van der Waals surface area contributed by atoms with Gasteiger partial charge in [0.05, 0.1) is 11.0 Å². The van der Waals surface area contributed by atoms with Crippen LogP contribution in [0.4, 0.5) is 0 Å². The molecule has 1 radical (unpaired) electrons. The number of hydrogen-bond acceptors (Lipinski definition) is 2. The third-order valence-electron chi connectivity index (χ3n) is 6.43. The normalized spacial score (nSPS) is 11.2. The van der Waals surface area contributed by atoms with E-state index in [-0.39, 0.29) is 20.1 Å². The van der Waals surface area contributed by atoms with Crippen molar-refractivity contribution in [2.45, 2.75) is 0 Å². The van der Waals surface area contributed by atoms with E-state index in [4.69, 9.17) is 0 Å². The average Bonchev–Trinajstić information content (AvgIpc) is 3.50. The van der Waals surface area contributed by atoms with Crippen molar-refractivity contribution in [3.8, 4) is 28.1 Å². The van der Waals surface area contributed by atoms with Crippen LogP contribution in [0.1, 0.15) is 0 Å². The number of aromatic nitrogens is 2. The van der Waals surface area contributed by atoms with Crippen LogP contribution in [0.2, 0.25) is 0 Å². The quantitative estimate of drug-likeness (QED) is 0.177. The third-order valence-corrected chi connectivity index (χ3v) is 7.31. The molecule has 169 valence electrons. The van der Waals surface area contributed by atoms with Crippen LogP contribution in [-0.4, -0.2) is 9.55 Å². The fraction of sp³-hybridized carbons (Fsp3) is 0.